The van der Waals surface area contributed by atoms with E-state index in [1.807, 2.05) is 24.3 Å². The average molecular weight is 380 g/mol. The van der Waals surface area contributed by atoms with Gasteiger partial charge >= 0.3 is 0 Å². The summed E-state index contributed by atoms with van der Waals surface area (Å²) in [5.74, 6) is -0.336. The predicted octanol–water partition coefficient (Wildman–Crippen LogP) is 1.35. The average Bonchev–Trinajstić information content (AvgIpc) is 3.18. The number of carbonyl (C=O) groups is 2. The number of hydrogen-bond acceptors (Lipinski definition) is 5. The molecule has 2 aromatic rings. The molecule has 1 aromatic carbocycles. The summed E-state index contributed by atoms with van der Waals surface area (Å²) in [5.41, 5.74) is 2.94. The smallest absolute Gasteiger partial charge is 0.259 e. The summed E-state index contributed by atoms with van der Waals surface area (Å²) in [4.78, 5) is 33.5. The summed E-state index contributed by atoms with van der Waals surface area (Å²) in [6, 6.07) is 9.53. The molecule has 0 bridgehead atoms. The van der Waals surface area contributed by atoms with Gasteiger partial charge in [-0.2, -0.15) is 0 Å². The van der Waals surface area contributed by atoms with Crippen LogP contribution in [-0.4, -0.2) is 67.6 Å². The number of pyridine rings is 1. The van der Waals surface area contributed by atoms with E-state index in [0.717, 1.165) is 45.0 Å². The molecular formula is C21H24N4O3. The molecule has 7 heteroatoms. The molecule has 1 saturated heterocycles. The highest BCUT2D eigenvalue weighted by molar-refractivity contribution is 6.08. The van der Waals surface area contributed by atoms with Crippen molar-refractivity contribution in [1.82, 2.24) is 15.2 Å². The molecular weight excluding hydrogens is 356 g/mol. The molecule has 0 unspecified atom stereocenters. The van der Waals surface area contributed by atoms with Crippen molar-refractivity contribution in [2.45, 2.75) is 6.42 Å². The van der Waals surface area contributed by atoms with Gasteiger partial charge in [0, 0.05) is 50.8 Å². The fourth-order valence-corrected chi connectivity index (χ4v) is 3.64. The molecule has 2 aliphatic rings. The van der Waals surface area contributed by atoms with Gasteiger partial charge in [0.05, 0.1) is 24.3 Å². The monoisotopic (exact) mass is 380 g/mol. The van der Waals surface area contributed by atoms with Crippen LogP contribution in [0.25, 0.3) is 0 Å². The van der Waals surface area contributed by atoms with E-state index in [1.165, 1.54) is 18.0 Å². The van der Waals surface area contributed by atoms with E-state index in [1.54, 1.807) is 11.0 Å². The number of anilines is 1. The second-order valence-corrected chi connectivity index (χ2v) is 7.01. The van der Waals surface area contributed by atoms with Crippen molar-refractivity contribution in [3.05, 3.63) is 59.4 Å². The van der Waals surface area contributed by atoms with Crippen molar-refractivity contribution < 1.29 is 14.3 Å². The molecule has 0 spiro atoms. The zero-order valence-electron chi connectivity index (χ0n) is 15.8. The maximum Gasteiger partial charge on any atom is 0.259 e. The van der Waals surface area contributed by atoms with Crippen LogP contribution in [0.3, 0.4) is 0 Å². The van der Waals surface area contributed by atoms with E-state index in [9.17, 15) is 9.59 Å². The molecule has 0 aliphatic carbocycles. The van der Waals surface area contributed by atoms with Crippen LogP contribution in [0.15, 0.2) is 42.7 Å². The molecule has 7 nitrogen and oxygen atoms in total. The predicted molar refractivity (Wildman–Crippen MR) is 106 cm³/mol. The lowest BCUT2D eigenvalue weighted by Gasteiger charge is -2.26. The number of rotatable bonds is 5. The van der Waals surface area contributed by atoms with Crippen molar-refractivity contribution in [2.75, 3.05) is 50.8 Å². The highest BCUT2D eigenvalue weighted by atomic mass is 16.5. The lowest BCUT2D eigenvalue weighted by atomic mass is 10.1. The molecule has 1 fully saturated rings. The maximum atomic E-state index is 12.9. The zero-order valence-corrected chi connectivity index (χ0v) is 15.8. The van der Waals surface area contributed by atoms with Gasteiger partial charge in [-0.25, -0.2) is 0 Å². The van der Waals surface area contributed by atoms with Gasteiger partial charge in [-0.1, -0.05) is 18.2 Å². The molecule has 4 rings (SSSR count). The third-order valence-corrected chi connectivity index (χ3v) is 5.20. The second-order valence-electron chi connectivity index (χ2n) is 7.01. The van der Waals surface area contributed by atoms with Crippen LogP contribution in [0.5, 0.6) is 0 Å². The van der Waals surface area contributed by atoms with Crippen molar-refractivity contribution in [1.29, 1.82) is 0 Å². The first-order valence-corrected chi connectivity index (χ1v) is 9.65. The minimum absolute atomic E-state index is 0.125. The number of hydrogen-bond donors (Lipinski definition) is 1. The number of carbonyl (C=O) groups excluding carboxylic acids is 2. The van der Waals surface area contributed by atoms with Crippen LogP contribution < -0.4 is 10.2 Å². The summed E-state index contributed by atoms with van der Waals surface area (Å²) in [6.45, 7) is 5.23. The Morgan fingerprint density at radius 3 is 2.71 bits per heavy atom. The Balaban J connectivity index is 1.38. The van der Waals surface area contributed by atoms with Crippen LogP contribution in [0, 0.1) is 0 Å². The summed E-state index contributed by atoms with van der Waals surface area (Å²) in [5, 5.41) is 2.91. The Bertz CT molecular complexity index is 864. The zero-order chi connectivity index (χ0) is 19.3. The van der Waals surface area contributed by atoms with Crippen LogP contribution in [0.2, 0.25) is 0 Å². The number of para-hydroxylation sites is 1. The van der Waals surface area contributed by atoms with E-state index in [0.29, 0.717) is 24.2 Å². The SMILES string of the molecule is O=C(NCCN1CCOCC1)c1cncc(C(=O)N2CCc3ccccc32)c1. The molecule has 2 amide bonds. The van der Waals surface area contributed by atoms with Crippen LogP contribution in [0.1, 0.15) is 26.3 Å². The number of nitrogens with zero attached hydrogens (tertiary/aromatic N) is 3. The third-order valence-electron chi connectivity index (χ3n) is 5.20. The Kier molecular flexibility index (Phi) is 5.64. The third kappa shape index (κ3) is 4.05. The lowest BCUT2D eigenvalue weighted by Crippen LogP contribution is -2.41. The van der Waals surface area contributed by atoms with E-state index in [-0.39, 0.29) is 11.8 Å². The molecule has 146 valence electrons. The molecule has 28 heavy (non-hydrogen) atoms. The number of fused-ring (bicyclic) bond motifs is 1. The number of morpholine rings is 1. The minimum Gasteiger partial charge on any atom is -0.379 e. The van der Waals surface area contributed by atoms with E-state index < -0.39 is 0 Å². The maximum absolute atomic E-state index is 12.9. The first kappa shape index (κ1) is 18.6. The van der Waals surface area contributed by atoms with Gasteiger partial charge in [0.15, 0.2) is 0 Å². The molecule has 2 aliphatic heterocycles. The fourth-order valence-electron chi connectivity index (χ4n) is 3.64. The number of benzene rings is 1. The van der Waals surface area contributed by atoms with Crippen LogP contribution in [-0.2, 0) is 11.2 Å². The summed E-state index contributed by atoms with van der Waals surface area (Å²) < 4.78 is 5.32. The summed E-state index contributed by atoms with van der Waals surface area (Å²) in [7, 11) is 0. The Morgan fingerprint density at radius 1 is 1.07 bits per heavy atom. The summed E-state index contributed by atoms with van der Waals surface area (Å²) in [6.07, 6.45) is 3.86. The van der Waals surface area contributed by atoms with Crippen molar-refractivity contribution >= 4 is 17.5 Å². The standard InChI is InChI=1S/C21H24N4O3/c26-20(23-6-8-24-9-11-28-12-10-24)17-13-18(15-22-14-17)21(27)25-7-5-16-3-1-2-4-19(16)25/h1-4,13-15H,5-12H2,(H,23,26). The highest BCUT2D eigenvalue weighted by Crippen LogP contribution is 2.28. The van der Waals surface area contributed by atoms with Gasteiger partial charge in [0.1, 0.15) is 0 Å². The normalized spacial score (nSPS) is 16.6. The largest absolute Gasteiger partial charge is 0.379 e. The topological polar surface area (TPSA) is 74.8 Å². The first-order valence-electron chi connectivity index (χ1n) is 9.65. The fraction of sp³-hybridized carbons (Fsp3) is 0.381. The van der Waals surface area contributed by atoms with Crippen LogP contribution >= 0.6 is 0 Å². The van der Waals surface area contributed by atoms with Crippen molar-refractivity contribution in [2.24, 2.45) is 0 Å². The molecule has 0 atom stereocenters. The quantitative estimate of drug-likeness (QED) is 0.848. The van der Waals surface area contributed by atoms with Gasteiger partial charge in [-0.3, -0.25) is 19.5 Å². The Labute approximate surface area is 164 Å². The molecule has 1 N–H and O–H groups in total. The van der Waals surface area contributed by atoms with Gasteiger partial charge in [0.2, 0.25) is 0 Å². The Hall–Kier alpha value is -2.77. The van der Waals surface area contributed by atoms with Gasteiger partial charge in [-0.05, 0) is 24.1 Å². The first-order chi connectivity index (χ1) is 13.7. The van der Waals surface area contributed by atoms with Crippen molar-refractivity contribution in [3.63, 3.8) is 0 Å². The van der Waals surface area contributed by atoms with E-state index in [4.69, 9.17) is 4.74 Å². The molecule has 0 radical (unpaired) electrons. The van der Waals surface area contributed by atoms with E-state index in [2.05, 4.69) is 15.2 Å². The Morgan fingerprint density at radius 2 is 1.86 bits per heavy atom. The van der Waals surface area contributed by atoms with E-state index >= 15 is 0 Å². The number of amides is 2. The van der Waals surface area contributed by atoms with Gasteiger partial charge < -0.3 is 15.0 Å². The van der Waals surface area contributed by atoms with Gasteiger partial charge in [0.25, 0.3) is 11.8 Å². The molecule has 0 saturated carbocycles. The number of nitrogens with one attached hydrogen (secondary N) is 1. The minimum atomic E-state index is -0.211. The van der Waals surface area contributed by atoms with Crippen LogP contribution in [0.4, 0.5) is 5.69 Å². The lowest BCUT2D eigenvalue weighted by molar-refractivity contribution is 0.0383. The highest BCUT2D eigenvalue weighted by Gasteiger charge is 2.25. The van der Waals surface area contributed by atoms with Gasteiger partial charge in [-0.15, -0.1) is 0 Å². The molecule has 1 aromatic heterocycles. The van der Waals surface area contributed by atoms with Crippen molar-refractivity contribution in [3.8, 4) is 0 Å². The summed E-state index contributed by atoms with van der Waals surface area (Å²) >= 11 is 0. The molecule has 3 heterocycles. The number of ether oxygens (including phenoxy) is 1. The second kappa shape index (κ2) is 8.50. The number of aromatic nitrogens is 1.